The molecule has 0 amide bonds. The maximum atomic E-state index is 13.3. The first-order chi connectivity index (χ1) is 14.3. The van der Waals surface area contributed by atoms with Crippen molar-refractivity contribution in [2.24, 2.45) is 5.92 Å². The van der Waals surface area contributed by atoms with Crippen LogP contribution in [0.25, 0.3) is 10.8 Å². The largest absolute Gasteiger partial charge is 0.465 e. The molecule has 0 spiro atoms. The zero-order valence-corrected chi connectivity index (χ0v) is 16.0. The van der Waals surface area contributed by atoms with Gasteiger partial charge in [-0.05, 0) is 23.9 Å². The van der Waals surface area contributed by atoms with Crippen LogP contribution in [0.3, 0.4) is 0 Å². The summed E-state index contributed by atoms with van der Waals surface area (Å²) in [5, 5.41) is 9.96. The second-order valence-electron chi connectivity index (χ2n) is 7.00. The van der Waals surface area contributed by atoms with Crippen molar-refractivity contribution in [1.29, 1.82) is 5.41 Å². The molecule has 1 aliphatic rings. The van der Waals surface area contributed by atoms with Gasteiger partial charge in [0, 0.05) is 16.9 Å². The number of nitrogens with one attached hydrogen (secondary N) is 1. The van der Waals surface area contributed by atoms with Crippen LogP contribution >= 0.6 is 0 Å². The van der Waals surface area contributed by atoms with E-state index in [0.29, 0.717) is 11.3 Å². The Labute approximate surface area is 170 Å². The number of halogens is 3. The molecular formula is C23H18F3NO3. The van der Waals surface area contributed by atoms with Crippen LogP contribution in [0.4, 0.5) is 13.2 Å². The number of alkyl halides is 3. The van der Waals surface area contributed by atoms with Crippen molar-refractivity contribution in [2.75, 3.05) is 6.61 Å². The molecule has 1 heterocycles. The van der Waals surface area contributed by atoms with E-state index >= 15 is 0 Å². The number of hydrogen-bond acceptors (Lipinski definition) is 4. The number of esters is 1. The fourth-order valence-corrected chi connectivity index (χ4v) is 3.88. The molecule has 4 rings (SSSR count). The standard InChI is InChI=1S/C23H18F3NO3/c1-2-29-22(28)19-18(14-7-5-8-15(12-14)23(24,25)26)17-11-10-13-6-3-4-9-16(13)20(17)30-21(19)27/h3-12,18-19,27H,2H2,1H3. The van der Waals surface area contributed by atoms with Gasteiger partial charge in [-0.15, -0.1) is 0 Å². The van der Waals surface area contributed by atoms with E-state index in [2.05, 4.69) is 0 Å². The summed E-state index contributed by atoms with van der Waals surface area (Å²) in [5.41, 5.74) is -0.00231. The van der Waals surface area contributed by atoms with Crippen molar-refractivity contribution in [3.8, 4) is 5.75 Å². The molecule has 0 aliphatic carbocycles. The van der Waals surface area contributed by atoms with E-state index in [-0.39, 0.29) is 18.1 Å². The number of carbonyl (C=O) groups excluding carboxylic acids is 1. The van der Waals surface area contributed by atoms with E-state index in [1.54, 1.807) is 13.0 Å². The van der Waals surface area contributed by atoms with Gasteiger partial charge in [-0.1, -0.05) is 54.6 Å². The van der Waals surface area contributed by atoms with Crippen molar-refractivity contribution < 1.29 is 27.4 Å². The minimum atomic E-state index is -4.53. The first kappa shape index (κ1) is 19.9. The van der Waals surface area contributed by atoms with Crippen molar-refractivity contribution in [3.05, 3.63) is 77.4 Å². The molecule has 4 nitrogen and oxygen atoms in total. The zero-order valence-electron chi connectivity index (χ0n) is 16.0. The first-order valence-corrected chi connectivity index (χ1v) is 9.43. The molecule has 0 saturated carbocycles. The maximum absolute atomic E-state index is 13.3. The second kappa shape index (κ2) is 7.48. The van der Waals surface area contributed by atoms with Crippen molar-refractivity contribution in [1.82, 2.24) is 0 Å². The van der Waals surface area contributed by atoms with Crippen molar-refractivity contribution in [2.45, 2.75) is 19.0 Å². The van der Waals surface area contributed by atoms with Gasteiger partial charge >= 0.3 is 12.1 Å². The SMILES string of the molecule is CCOC(=O)C1C(=N)Oc2c(ccc3ccccc23)C1c1cccc(C(F)(F)F)c1. The van der Waals surface area contributed by atoms with Gasteiger partial charge in [0.2, 0.25) is 5.90 Å². The van der Waals surface area contributed by atoms with E-state index in [4.69, 9.17) is 14.9 Å². The smallest absolute Gasteiger partial charge is 0.416 e. The molecule has 30 heavy (non-hydrogen) atoms. The van der Waals surface area contributed by atoms with Gasteiger partial charge in [-0.3, -0.25) is 10.2 Å². The summed E-state index contributed by atoms with van der Waals surface area (Å²) in [4.78, 5) is 12.7. The lowest BCUT2D eigenvalue weighted by molar-refractivity contribution is -0.146. The molecule has 3 aromatic rings. The van der Waals surface area contributed by atoms with Gasteiger partial charge in [0.25, 0.3) is 0 Å². The second-order valence-corrected chi connectivity index (χ2v) is 7.00. The molecule has 154 valence electrons. The third-order valence-electron chi connectivity index (χ3n) is 5.19. The minimum Gasteiger partial charge on any atom is -0.465 e. The molecule has 0 fully saturated rings. The van der Waals surface area contributed by atoms with Crippen molar-refractivity contribution >= 4 is 22.6 Å². The third kappa shape index (κ3) is 3.40. The average molecular weight is 413 g/mol. The van der Waals surface area contributed by atoms with Crippen LogP contribution < -0.4 is 4.74 Å². The Hall–Kier alpha value is -3.35. The quantitative estimate of drug-likeness (QED) is 0.574. The summed E-state index contributed by atoms with van der Waals surface area (Å²) >= 11 is 0. The summed E-state index contributed by atoms with van der Waals surface area (Å²) in [6, 6.07) is 15.8. The molecule has 7 heteroatoms. The number of hydrogen-bond donors (Lipinski definition) is 1. The number of fused-ring (bicyclic) bond motifs is 3. The molecule has 0 saturated heterocycles. The third-order valence-corrected chi connectivity index (χ3v) is 5.19. The van der Waals surface area contributed by atoms with Gasteiger partial charge in [-0.25, -0.2) is 0 Å². The molecule has 3 aromatic carbocycles. The Balaban J connectivity index is 1.95. The molecule has 2 unspecified atom stereocenters. The van der Waals surface area contributed by atoms with Gasteiger partial charge in [0.05, 0.1) is 12.2 Å². The van der Waals surface area contributed by atoms with Gasteiger partial charge in [0.15, 0.2) is 0 Å². The highest BCUT2D eigenvalue weighted by molar-refractivity contribution is 6.03. The summed E-state index contributed by atoms with van der Waals surface area (Å²) in [6.07, 6.45) is -4.53. The van der Waals surface area contributed by atoms with Crippen LogP contribution in [0, 0.1) is 11.3 Å². The summed E-state index contributed by atoms with van der Waals surface area (Å²) < 4.78 is 50.9. The Bertz CT molecular complexity index is 1140. The zero-order chi connectivity index (χ0) is 21.5. The molecule has 1 aliphatic heterocycles. The summed E-state index contributed by atoms with van der Waals surface area (Å²) in [5.74, 6) is -2.70. The maximum Gasteiger partial charge on any atom is 0.416 e. The summed E-state index contributed by atoms with van der Waals surface area (Å²) in [6.45, 7) is 1.72. The van der Waals surface area contributed by atoms with E-state index < -0.39 is 29.5 Å². The van der Waals surface area contributed by atoms with Crippen LogP contribution in [0.5, 0.6) is 5.75 Å². The molecular weight excluding hydrogens is 395 g/mol. The van der Waals surface area contributed by atoms with Crippen molar-refractivity contribution in [3.63, 3.8) is 0 Å². The Morgan fingerprint density at radius 2 is 1.87 bits per heavy atom. The first-order valence-electron chi connectivity index (χ1n) is 9.43. The van der Waals surface area contributed by atoms with Crippen LogP contribution in [-0.2, 0) is 15.7 Å². The fraction of sp³-hybridized carbons (Fsp3) is 0.217. The predicted octanol–water partition coefficient (Wildman–Crippen LogP) is 5.54. The molecule has 2 atom stereocenters. The highest BCUT2D eigenvalue weighted by Crippen LogP contribution is 2.46. The van der Waals surface area contributed by atoms with Crippen LogP contribution in [0.2, 0.25) is 0 Å². The van der Waals surface area contributed by atoms with Crippen LogP contribution in [0.15, 0.2) is 60.7 Å². The molecule has 0 aromatic heterocycles. The number of benzene rings is 3. The molecule has 0 radical (unpaired) electrons. The van der Waals surface area contributed by atoms with E-state index in [0.717, 1.165) is 22.9 Å². The van der Waals surface area contributed by atoms with Crippen LogP contribution in [0.1, 0.15) is 29.5 Å². The van der Waals surface area contributed by atoms with E-state index in [9.17, 15) is 18.0 Å². The number of rotatable bonds is 3. The fourth-order valence-electron chi connectivity index (χ4n) is 3.88. The van der Waals surface area contributed by atoms with Crippen LogP contribution in [-0.4, -0.2) is 18.5 Å². The lowest BCUT2D eigenvalue weighted by atomic mass is 9.77. The lowest BCUT2D eigenvalue weighted by Gasteiger charge is -2.33. The molecule has 0 bridgehead atoms. The number of carbonyl (C=O) groups is 1. The van der Waals surface area contributed by atoms with Gasteiger partial charge < -0.3 is 9.47 Å². The highest BCUT2D eigenvalue weighted by atomic mass is 19.4. The normalized spacial score (nSPS) is 18.6. The van der Waals surface area contributed by atoms with Gasteiger partial charge in [0.1, 0.15) is 11.7 Å². The number of ether oxygens (including phenoxy) is 2. The topological polar surface area (TPSA) is 59.4 Å². The Morgan fingerprint density at radius 3 is 2.60 bits per heavy atom. The monoisotopic (exact) mass is 413 g/mol. The average Bonchev–Trinajstić information content (AvgIpc) is 2.72. The molecule has 1 N–H and O–H groups in total. The Kier molecular flexibility index (Phi) is 4.97. The highest BCUT2D eigenvalue weighted by Gasteiger charge is 2.43. The summed E-state index contributed by atoms with van der Waals surface area (Å²) in [7, 11) is 0. The van der Waals surface area contributed by atoms with E-state index in [1.165, 1.54) is 12.1 Å². The predicted molar refractivity (Wildman–Crippen MR) is 106 cm³/mol. The Morgan fingerprint density at radius 1 is 1.10 bits per heavy atom. The van der Waals surface area contributed by atoms with E-state index in [1.807, 2.05) is 30.3 Å². The minimum absolute atomic E-state index is 0.0858. The van der Waals surface area contributed by atoms with Gasteiger partial charge in [-0.2, -0.15) is 13.2 Å². The lowest BCUT2D eigenvalue weighted by Crippen LogP contribution is -2.38.